The van der Waals surface area contributed by atoms with Gasteiger partial charge in [-0.3, -0.25) is 0 Å². The molecule has 0 saturated carbocycles. The first-order valence-electron chi connectivity index (χ1n) is 4.82. The molecule has 0 fully saturated rings. The Morgan fingerprint density at radius 1 is 1.15 bits per heavy atom. The van der Waals surface area contributed by atoms with Crippen molar-refractivity contribution in [1.29, 1.82) is 0 Å². The highest BCUT2D eigenvalue weighted by molar-refractivity contribution is 14.1. The maximum Gasteiger partial charge on any atom is 0.0130 e. The van der Waals surface area contributed by atoms with Gasteiger partial charge in [-0.25, -0.2) is 0 Å². The van der Waals surface area contributed by atoms with E-state index in [2.05, 4.69) is 67.6 Å². The van der Waals surface area contributed by atoms with Crippen molar-refractivity contribution < 1.29 is 0 Å². The molecule has 0 bridgehead atoms. The molecular weight excluding hydrogens is 271 g/mol. The van der Waals surface area contributed by atoms with E-state index in [0.717, 1.165) is 0 Å². The van der Waals surface area contributed by atoms with Crippen molar-refractivity contribution in [3.63, 3.8) is 0 Å². The smallest absolute Gasteiger partial charge is 0.0130 e. The summed E-state index contributed by atoms with van der Waals surface area (Å²) < 4.78 is 1.31. The van der Waals surface area contributed by atoms with Gasteiger partial charge in [0.15, 0.2) is 0 Å². The van der Waals surface area contributed by atoms with Crippen LogP contribution in [0.4, 0.5) is 0 Å². The minimum Gasteiger partial charge on any atom is -0.0654 e. The molecule has 0 aliphatic heterocycles. The van der Waals surface area contributed by atoms with Gasteiger partial charge in [0.05, 0.1) is 0 Å². The molecule has 0 radical (unpaired) electrons. The van der Waals surface area contributed by atoms with Crippen molar-refractivity contribution in [3.8, 4) is 0 Å². The van der Waals surface area contributed by atoms with Crippen LogP contribution in [0.1, 0.15) is 39.2 Å². The molecule has 0 N–H and O–H groups in total. The number of benzene rings is 1. The average molecular weight is 288 g/mol. The lowest BCUT2D eigenvalue weighted by Crippen LogP contribution is -2.16. The highest BCUT2D eigenvalue weighted by Crippen LogP contribution is 2.28. The van der Waals surface area contributed by atoms with Gasteiger partial charge in [0.25, 0.3) is 0 Å². The van der Waals surface area contributed by atoms with Crippen LogP contribution >= 0.6 is 22.6 Å². The van der Waals surface area contributed by atoms with E-state index in [-0.39, 0.29) is 0 Å². The molecule has 0 spiro atoms. The van der Waals surface area contributed by atoms with E-state index >= 15 is 0 Å². The zero-order valence-corrected chi connectivity index (χ0v) is 10.8. The molecule has 0 aliphatic carbocycles. The minimum atomic E-state index is 0.332. The minimum absolute atomic E-state index is 0.332. The van der Waals surface area contributed by atoms with Crippen molar-refractivity contribution in [2.75, 3.05) is 0 Å². The lowest BCUT2D eigenvalue weighted by Gasteiger charge is -2.24. The molecule has 0 aromatic heterocycles. The quantitative estimate of drug-likeness (QED) is 0.724. The molecule has 13 heavy (non-hydrogen) atoms. The third-order valence-corrected chi connectivity index (χ3v) is 3.22. The SMILES string of the molecule is CCCC(C)(C)c1ccc(I)cc1. The van der Waals surface area contributed by atoms with Crippen LogP contribution in [0.2, 0.25) is 0 Å². The van der Waals surface area contributed by atoms with Crippen molar-refractivity contribution in [3.05, 3.63) is 33.4 Å². The van der Waals surface area contributed by atoms with E-state index in [0.29, 0.717) is 5.41 Å². The van der Waals surface area contributed by atoms with Gasteiger partial charge in [-0.05, 0) is 52.1 Å². The summed E-state index contributed by atoms with van der Waals surface area (Å²) in [6.07, 6.45) is 2.51. The van der Waals surface area contributed by atoms with E-state index in [9.17, 15) is 0 Å². The van der Waals surface area contributed by atoms with Crippen LogP contribution < -0.4 is 0 Å². The number of hydrogen-bond acceptors (Lipinski definition) is 0. The van der Waals surface area contributed by atoms with E-state index in [1.165, 1.54) is 22.0 Å². The Hall–Kier alpha value is -0.0500. The van der Waals surface area contributed by atoms with Gasteiger partial charge in [-0.2, -0.15) is 0 Å². The third-order valence-electron chi connectivity index (χ3n) is 2.50. The average Bonchev–Trinajstić information content (AvgIpc) is 2.05. The van der Waals surface area contributed by atoms with Crippen LogP contribution in [0.5, 0.6) is 0 Å². The van der Waals surface area contributed by atoms with Gasteiger partial charge in [-0.1, -0.05) is 39.3 Å². The van der Waals surface area contributed by atoms with Crippen molar-refractivity contribution in [1.82, 2.24) is 0 Å². The third kappa shape index (κ3) is 2.97. The Morgan fingerprint density at radius 3 is 2.15 bits per heavy atom. The normalized spacial score (nSPS) is 11.7. The van der Waals surface area contributed by atoms with Crippen LogP contribution in [0.15, 0.2) is 24.3 Å². The highest BCUT2D eigenvalue weighted by atomic mass is 127. The van der Waals surface area contributed by atoms with Crippen molar-refractivity contribution >= 4 is 22.6 Å². The fraction of sp³-hybridized carbons (Fsp3) is 0.500. The largest absolute Gasteiger partial charge is 0.0654 e. The second-order valence-electron chi connectivity index (χ2n) is 4.14. The van der Waals surface area contributed by atoms with Gasteiger partial charge < -0.3 is 0 Å². The fourth-order valence-corrected chi connectivity index (χ4v) is 2.03. The van der Waals surface area contributed by atoms with Crippen LogP contribution in [-0.2, 0) is 5.41 Å². The Bertz CT molecular complexity index is 259. The summed E-state index contributed by atoms with van der Waals surface area (Å²) in [4.78, 5) is 0. The predicted molar refractivity (Wildman–Crippen MR) is 67.1 cm³/mol. The molecular formula is C12H17I. The van der Waals surface area contributed by atoms with Gasteiger partial charge in [0, 0.05) is 3.57 Å². The number of hydrogen-bond donors (Lipinski definition) is 0. The maximum absolute atomic E-state index is 2.35. The molecule has 0 amide bonds. The molecule has 0 atom stereocenters. The molecule has 1 rings (SSSR count). The van der Waals surface area contributed by atoms with E-state index in [4.69, 9.17) is 0 Å². The summed E-state index contributed by atoms with van der Waals surface area (Å²) in [6, 6.07) is 8.87. The Balaban J connectivity index is 2.87. The summed E-state index contributed by atoms with van der Waals surface area (Å²) in [6.45, 7) is 6.88. The van der Waals surface area contributed by atoms with E-state index in [1.54, 1.807) is 0 Å². The second-order valence-corrected chi connectivity index (χ2v) is 5.39. The summed E-state index contributed by atoms with van der Waals surface area (Å²) in [5.41, 5.74) is 1.79. The summed E-state index contributed by atoms with van der Waals surface area (Å²) in [7, 11) is 0. The van der Waals surface area contributed by atoms with Crippen LogP contribution in [-0.4, -0.2) is 0 Å². The lowest BCUT2D eigenvalue weighted by atomic mass is 9.81. The monoisotopic (exact) mass is 288 g/mol. The molecule has 72 valence electrons. The molecule has 1 aromatic rings. The fourth-order valence-electron chi connectivity index (χ4n) is 1.67. The van der Waals surface area contributed by atoms with Gasteiger partial charge >= 0.3 is 0 Å². The van der Waals surface area contributed by atoms with Crippen molar-refractivity contribution in [2.24, 2.45) is 0 Å². The molecule has 0 unspecified atom stereocenters. The zero-order chi connectivity index (χ0) is 9.90. The zero-order valence-electron chi connectivity index (χ0n) is 8.60. The van der Waals surface area contributed by atoms with Crippen LogP contribution in [0, 0.1) is 3.57 Å². The first-order valence-corrected chi connectivity index (χ1v) is 5.90. The first-order chi connectivity index (χ1) is 6.06. The van der Waals surface area contributed by atoms with Crippen molar-refractivity contribution in [2.45, 2.75) is 39.0 Å². The lowest BCUT2D eigenvalue weighted by molar-refractivity contribution is 0.473. The molecule has 1 heteroatoms. The summed E-state index contributed by atoms with van der Waals surface area (Å²) >= 11 is 2.35. The number of rotatable bonds is 3. The maximum atomic E-state index is 2.35. The van der Waals surface area contributed by atoms with Crippen LogP contribution in [0.25, 0.3) is 0 Å². The molecule has 0 nitrogen and oxygen atoms in total. The Morgan fingerprint density at radius 2 is 1.69 bits per heavy atom. The topological polar surface area (TPSA) is 0 Å². The Labute approximate surface area is 94.9 Å². The number of halogens is 1. The standard InChI is InChI=1S/C12H17I/c1-4-9-12(2,3)10-5-7-11(13)8-6-10/h5-8H,4,9H2,1-3H3. The van der Waals surface area contributed by atoms with Gasteiger partial charge in [0.2, 0.25) is 0 Å². The summed E-state index contributed by atoms with van der Waals surface area (Å²) in [5.74, 6) is 0. The van der Waals surface area contributed by atoms with E-state index < -0.39 is 0 Å². The molecule has 0 heterocycles. The molecule has 0 saturated heterocycles. The second kappa shape index (κ2) is 4.45. The summed E-state index contributed by atoms with van der Waals surface area (Å²) in [5, 5.41) is 0. The predicted octanol–water partition coefficient (Wildman–Crippen LogP) is 4.37. The Kier molecular flexibility index (Phi) is 3.77. The first kappa shape index (κ1) is 11.0. The molecule has 1 aromatic carbocycles. The van der Waals surface area contributed by atoms with E-state index in [1.807, 2.05) is 0 Å². The highest BCUT2D eigenvalue weighted by Gasteiger charge is 2.18. The van der Waals surface area contributed by atoms with Crippen LogP contribution in [0.3, 0.4) is 0 Å². The van der Waals surface area contributed by atoms with Gasteiger partial charge in [0.1, 0.15) is 0 Å². The van der Waals surface area contributed by atoms with Gasteiger partial charge in [-0.15, -0.1) is 0 Å². The molecule has 0 aliphatic rings.